The zero-order valence-corrected chi connectivity index (χ0v) is 17.0. The number of piperazine rings is 1. The first kappa shape index (κ1) is 19.3. The highest BCUT2D eigenvalue weighted by atomic mass is 16.5. The summed E-state index contributed by atoms with van der Waals surface area (Å²) < 4.78 is 11.0. The molecule has 0 amide bonds. The molecule has 0 aliphatic carbocycles. The van der Waals surface area contributed by atoms with Crippen molar-refractivity contribution in [2.45, 2.75) is 0 Å². The fraction of sp³-hybridized carbons (Fsp3) is 0.632. The molecule has 2 aromatic rings. The van der Waals surface area contributed by atoms with Gasteiger partial charge in [-0.1, -0.05) is 0 Å². The van der Waals surface area contributed by atoms with Crippen molar-refractivity contribution in [2.24, 2.45) is 0 Å². The molecule has 30 heavy (non-hydrogen) atoms. The van der Waals surface area contributed by atoms with E-state index in [0.717, 1.165) is 58.3 Å². The highest BCUT2D eigenvalue weighted by molar-refractivity contribution is 5.56. The summed E-state index contributed by atoms with van der Waals surface area (Å²) in [7, 11) is 0. The molecule has 5 rings (SSSR count). The second-order valence-corrected chi connectivity index (χ2v) is 7.44. The van der Waals surface area contributed by atoms with Gasteiger partial charge in [0.15, 0.2) is 5.82 Å². The maximum absolute atomic E-state index is 5.49. The van der Waals surface area contributed by atoms with Crippen molar-refractivity contribution in [1.29, 1.82) is 0 Å². The molecular formula is C19H27N9O2. The predicted molar refractivity (Wildman–Crippen MR) is 112 cm³/mol. The first-order chi connectivity index (χ1) is 14.9. The van der Waals surface area contributed by atoms with Crippen molar-refractivity contribution < 1.29 is 9.47 Å². The van der Waals surface area contributed by atoms with Crippen molar-refractivity contribution in [2.75, 3.05) is 93.5 Å². The van der Waals surface area contributed by atoms with E-state index in [1.165, 1.54) is 0 Å². The van der Waals surface area contributed by atoms with Crippen LogP contribution in [-0.4, -0.2) is 104 Å². The lowest BCUT2D eigenvalue weighted by Crippen LogP contribution is -2.44. The van der Waals surface area contributed by atoms with Crippen molar-refractivity contribution in [1.82, 2.24) is 30.2 Å². The Kier molecular flexibility index (Phi) is 5.82. The van der Waals surface area contributed by atoms with E-state index in [0.29, 0.717) is 49.8 Å². The smallest absolute Gasteiger partial charge is 0.230 e. The number of aromatic nitrogens is 5. The van der Waals surface area contributed by atoms with Gasteiger partial charge in [0.2, 0.25) is 17.8 Å². The molecule has 3 fully saturated rings. The highest BCUT2D eigenvalue weighted by Crippen LogP contribution is 2.22. The monoisotopic (exact) mass is 413 g/mol. The van der Waals surface area contributed by atoms with Gasteiger partial charge < -0.3 is 29.5 Å². The molecular weight excluding hydrogens is 386 g/mol. The summed E-state index contributed by atoms with van der Waals surface area (Å²) in [6.45, 7) is 9.40. The van der Waals surface area contributed by atoms with Crippen LogP contribution in [0.3, 0.4) is 0 Å². The number of morpholine rings is 2. The van der Waals surface area contributed by atoms with E-state index in [1.54, 1.807) is 6.20 Å². The lowest BCUT2D eigenvalue weighted by Gasteiger charge is -2.30. The lowest BCUT2D eigenvalue weighted by atomic mass is 10.3. The van der Waals surface area contributed by atoms with Gasteiger partial charge in [0.05, 0.1) is 26.4 Å². The largest absolute Gasteiger partial charge is 0.378 e. The molecule has 0 aromatic carbocycles. The van der Waals surface area contributed by atoms with Gasteiger partial charge in [-0.05, 0) is 6.07 Å². The maximum atomic E-state index is 5.49. The van der Waals surface area contributed by atoms with E-state index >= 15 is 0 Å². The Balaban J connectivity index is 1.49. The van der Waals surface area contributed by atoms with Gasteiger partial charge >= 0.3 is 0 Å². The standard InChI is InChI=1S/C19H27N9O2/c1-2-21-17(26-5-3-20-4-6-26)22-15(1)16-23-18(27-7-11-29-12-8-27)25-19(24-16)28-9-13-30-14-10-28/h1-2,20H,3-14H2. The Morgan fingerprint density at radius 1 is 0.667 bits per heavy atom. The molecule has 0 unspecified atom stereocenters. The number of nitrogens with one attached hydrogen (secondary N) is 1. The molecule has 11 heteroatoms. The lowest BCUT2D eigenvalue weighted by molar-refractivity contribution is 0.121. The third-order valence-electron chi connectivity index (χ3n) is 5.47. The summed E-state index contributed by atoms with van der Waals surface area (Å²) in [4.78, 5) is 30.1. The van der Waals surface area contributed by atoms with Gasteiger partial charge in [-0.2, -0.15) is 15.0 Å². The quantitative estimate of drug-likeness (QED) is 0.695. The van der Waals surface area contributed by atoms with Crippen LogP contribution in [0.1, 0.15) is 0 Å². The van der Waals surface area contributed by atoms with Crippen LogP contribution in [0.25, 0.3) is 11.5 Å². The second-order valence-electron chi connectivity index (χ2n) is 7.44. The molecule has 0 bridgehead atoms. The van der Waals surface area contributed by atoms with Crippen molar-refractivity contribution >= 4 is 17.8 Å². The number of hydrogen-bond donors (Lipinski definition) is 1. The molecule has 0 spiro atoms. The van der Waals surface area contributed by atoms with Gasteiger partial charge in [0.25, 0.3) is 0 Å². The van der Waals surface area contributed by atoms with E-state index in [1.807, 2.05) is 6.07 Å². The Labute approximate surface area is 175 Å². The SMILES string of the molecule is c1cc(-c2nc(N3CCOCC3)nc(N3CCOCC3)n2)nc(N2CCNCC2)n1. The van der Waals surface area contributed by atoms with E-state index in [4.69, 9.17) is 29.4 Å². The van der Waals surface area contributed by atoms with Gasteiger partial charge in [0, 0.05) is 58.6 Å². The van der Waals surface area contributed by atoms with Crippen LogP contribution < -0.4 is 20.0 Å². The molecule has 3 aliphatic heterocycles. The number of anilines is 3. The third-order valence-corrected chi connectivity index (χ3v) is 5.47. The molecule has 11 nitrogen and oxygen atoms in total. The van der Waals surface area contributed by atoms with E-state index in [2.05, 4.69) is 25.0 Å². The Morgan fingerprint density at radius 3 is 1.83 bits per heavy atom. The van der Waals surface area contributed by atoms with Crippen LogP contribution in [-0.2, 0) is 9.47 Å². The second kappa shape index (κ2) is 9.02. The van der Waals surface area contributed by atoms with E-state index in [9.17, 15) is 0 Å². The van der Waals surface area contributed by atoms with Crippen LogP contribution in [0.4, 0.5) is 17.8 Å². The number of nitrogens with zero attached hydrogens (tertiary/aromatic N) is 8. The Hall–Kier alpha value is -2.63. The average molecular weight is 413 g/mol. The summed E-state index contributed by atoms with van der Waals surface area (Å²) in [6, 6.07) is 1.87. The molecule has 0 radical (unpaired) electrons. The summed E-state index contributed by atoms with van der Waals surface area (Å²) in [5, 5.41) is 3.36. The molecule has 2 aromatic heterocycles. The van der Waals surface area contributed by atoms with Gasteiger partial charge in [-0.15, -0.1) is 0 Å². The minimum absolute atomic E-state index is 0.576. The van der Waals surface area contributed by atoms with Crippen molar-refractivity contribution in [3.8, 4) is 11.5 Å². The fourth-order valence-corrected chi connectivity index (χ4v) is 3.77. The van der Waals surface area contributed by atoms with E-state index < -0.39 is 0 Å². The van der Waals surface area contributed by atoms with Crippen molar-refractivity contribution in [3.63, 3.8) is 0 Å². The Morgan fingerprint density at radius 2 is 1.23 bits per heavy atom. The van der Waals surface area contributed by atoms with Crippen molar-refractivity contribution in [3.05, 3.63) is 12.3 Å². The molecule has 3 saturated heterocycles. The van der Waals surface area contributed by atoms with E-state index in [-0.39, 0.29) is 0 Å². The van der Waals surface area contributed by atoms with Crippen LogP contribution >= 0.6 is 0 Å². The zero-order valence-electron chi connectivity index (χ0n) is 17.0. The van der Waals surface area contributed by atoms with Gasteiger partial charge in [-0.25, -0.2) is 9.97 Å². The molecule has 5 heterocycles. The molecule has 3 aliphatic rings. The normalized spacial score (nSPS) is 20.5. The van der Waals surface area contributed by atoms with Crippen LogP contribution in [0.5, 0.6) is 0 Å². The summed E-state index contributed by atoms with van der Waals surface area (Å²) in [5.41, 5.74) is 0.713. The third kappa shape index (κ3) is 4.27. The molecule has 0 atom stereocenters. The van der Waals surface area contributed by atoms with Gasteiger partial charge in [-0.3, -0.25) is 0 Å². The first-order valence-corrected chi connectivity index (χ1v) is 10.6. The summed E-state index contributed by atoms with van der Waals surface area (Å²) >= 11 is 0. The zero-order chi connectivity index (χ0) is 20.2. The highest BCUT2D eigenvalue weighted by Gasteiger charge is 2.22. The number of rotatable bonds is 4. The minimum atomic E-state index is 0.576. The summed E-state index contributed by atoms with van der Waals surface area (Å²) in [5.74, 6) is 2.64. The summed E-state index contributed by atoms with van der Waals surface area (Å²) in [6.07, 6.45) is 1.78. The van der Waals surface area contributed by atoms with Crippen LogP contribution in [0, 0.1) is 0 Å². The number of ether oxygens (including phenoxy) is 2. The minimum Gasteiger partial charge on any atom is -0.378 e. The molecule has 0 saturated carbocycles. The maximum Gasteiger partial charge on any atom is 0.230 e. The molecule has 1 N–H and O–H groups in total. The molecule has 160 valence electrons. The Bertz CT molecular complexity index is 813. The van der Waals surface area contributed by atoms with Gasteiger partial charge in [0.1, 0.15) is 5.69 Å². The van der Waals surface area contributed by atoms with Crippen LogP contribution in [0.2, 0.25) is 0 Å². The fourth-order valence-electron chi connectivity index (χ4n) is 3.77. The average Bonchev–Trinajstić information content (AvgIpc) is 2.85. The predicted octanol–water partition coefficient (Wildman–Crippen LogP) is -0.589. The number of hydrogen-bond acceptors (Lipinski definition) is 11. The van der Waals surface area contributed by atoms with Crippen LogP contribution in [0.15, 0.2) is 12.3 Å². The first-order valence-electron chi connectivity index (χ1n) is 10.6. The topological polar surface area (TPSA) is 105 Å².